The third-order valence-corrected chi connectivity index (χ3v) is 4.55. The van der Waals surface area contributed by atoms with E-state index < -0.39 is 0 Å². The number of thioether (sulfide) groups is 1. The van der Waals surface area contributed by atoms with Gasteiger partial charge in [0.05, 0.1) is 0 Å². The molecule has 118 valence electrons. The summed E-state index contributed by atoms with van der Waals surface area (Å²) in [6, 6.07) is 6.08. The van der Waals surface area contributed by atoms with Gasteiger partial charge in [-0.2, -0.15) is 0 Å². The van der Waals surface area contributed by atoms with Gasteiger partial charge < -0.3 is 10.2 Å². The summed E-state index contributed by atoms with van der Waals surface area (Å²) in [5.41, 5.74) is 1.18. The summed E-state index contributed by atoms with van der Waals surface area (Å²) < 4.78 is 0. The number of carbonyl (C=O) groups is 1. The fraction of sp³-hybridized carbons (Fsp3) is 0.562. The van der Waals surface area contributed by atoms with Crippen LogP contribution in [0.4, 0.5) is 0 Å². The first-order valence-electron chi connectivity index (χ1n) is 7.27. The molecule has 0 heterocycles. The van der Waals surface area contributed by atoms with Crippen molar-refractivity contribution in [2.75, 3.05) is 20.6 Å². The topological polar surface area (TPSA) is 32.3 Å². The van der Waals surface area contributed by atoms with E-state index in [1.165, 1.54) is 10.5 Å². The largest absolute Gasteiger partial charge is 0.359 e. The van der Waals surface area contributed by atoms with Gasteiger partial charge in [0.1, 0.15) is 0 Å². The van der Waals surface area contributed by atoms with Crippen molar-refractivity contribution in [3.8, 4) is 0 Å². The summed E-state index contributed by atoms with van der Waals surface area (Å²) in [5.74, 6) is 0.0946. The number of nitrogens with one attached hydrogen (secondary N) is 1. The number of rotatable bonds is 8. The van der Waals surface area contributed by atoms with E-state index in [9.17, 15) is 4.79 Å². The highest BCUT2D eigenvalue weighted by molar-refractivity contribution is 8.00. The second kappa shape index (κ2) is 9.34. The average molecular weight is 329 g/mol. The average Bonchev–Trinajstić information content (AvgIpc) is 2.42. The standard InChI is InChI=1S/C16H25ClN2OS/c1-12(2)21-15-8-5-7-14(17)13(15)11-19(4)10-6-9-16(20)18-3/h5,7-8,12H,6,9-11H2,1-4H3,(H,18,20). The van der Waals surface area contributed by atoms with Crippen LogP contribution in [0.15, 0.2) is 23.1 Å². The number of hydrogen-bond acceptors (Lipinski definition) is 3. The fourth-order valence-electron chi connectivity index (χ4n) is 2.04. The van der Waals surface area contributed by atoms with Gasteiger partial charge in [0.15, 0.2) is 0 Å². The Morgan fingerprint density at radius 1 is 1.43 bits per heavy atom. The van der Waals surface area contributed by atoms with E-state index in [2.05, 4.69) is 37.2 Å². The Morgan fingerprint density at radius 2 is 2.14 bits per heavy atom. The molecule has 0 atom stereocenters. The first-order chi connectivity index (χ1) is 9.93. The van der Waals surface area contributed by atoms with E-state index in [-0.39, 0.29) is 5.91 Å². The number of amides is 1. The predicted octanol–water partition coefficient (Wildman–Crippen LogP) is 3.80. The molecule has 3 nitrogen and oxygen atoms in total. The van der Waals surface area contributed by atoms with Crippen molar-refractivity contribution in [2.24, 2.45) is 0 Å². The van der Waals surface area contributed by atoms with Gasteiger partial charge in [0.25, 0.3) is 0 Å². The minimum atomic E-state index is 0.0946. The summed E-state index contributed by atoms with van der Waals surface area (Å²) >= 11 is 8.20. The minimum absolute atomic E-state index is 0.0946. The van der Waals surface area contributed by atoms with Gasteiger partial charge in [-0.25, -0.2) is 0 Å². The third kappa shape index (κ3) is 6.72. The smallest absolute Gasteiger partial charge is 0.219 e. The lowest BCUT2D eigenvalue weighted by molar-refractivity contribution is -0.120. The molecule has 1 amide bonds. The maximum absolute atomic E-state index is 11.2. The molecular weight excluding hydrogens is 304 g/mol. The molecule has 1 rings (SSSR count). The molecule has 0 aromatic heterocycles. The van der Waals surface area contributed by atoms with Crippen molar-refractivity contribution in [1.82, 2.24) is 10.2 Å². The highest BCUT2D eigenvalue weighted by atomic mass is 35.5. The zero-order valence-corrected chi connectivity index (χ0v) is 14.9. The van der Waals surface area contributed by atoms with E-state index >= 15 is 0 Å². The maximum Gasteiger partial charge on any atom is 0.219 e. The van der Waals surface area contributed by atoms with Crippen molar-refractivity contribution in [2.45, 2.75) is 43.4 Å². The summed E-state index contributed by atoms with van der Waals surface area (Å²) in [6.45, 7) is 6.05. The molecular formula is C16H25ClN2OS. The molecule has 1 N–H and O–H groups in total. The van der Waals surface area contributed by atoms with Crippen molar-refractivity contribution >= 4 is 29.3 Å². The molecule has 21 heavy (non-hydrogen) atoms. The molecule has 0 aliphatic rings. The number of nitrogens with zero attached hydrogens (tertiary/aromatic N) is 1. The van der Waals surface area contributed by atoms with Gasteiger partial charge in [-0.05, 0) is 37.7 Å². The van der Waals surface area contributed by atoms with Crippen molar-refractivity contribution in [1.29, 1.82) is 0 Å². The Kier molecular flexibility index (Phi) is 8.15. The highest BCUT2D eigenvalue weighted by Gasteiger charge is 2.11. The van der Waals surface area contributed by atoms with Crippen LogP contribution in [0.2, 0.25) is 5.02 Å². The number of benzene rings is 1. The lowest BCUT2D eigenvalue weighted by Gasteiger charge is -2.20. The Morgan fingerprint density at radius 3 is 2.76 bits per heavy atom. The first kappa shape index (κ1) is 18.3. The molecule has 1 aromatic rings. The Balaban J connectivity index is 2.62. The Hall–Kier alpha value is -0.710. The number of halogens is 1. The molecule has 0 aliphatic heterocycles. The molecule has 0 bridgehead atoms. The van der Waals surface area contributed by atoms with Crippen LogP contribution in [0.25, 0.3) is 0 Å². The molecule has 0 saturated heterocycles. The Labute approximate surface area is 137 Å². The highest BCUT2D eigenvalue weighted by Crippen LogP contribution is 2.31. The predicted molar refractivity (Wildman–Crippen MR) is 92.1 cm³/mol. The molecule has 0 unspecified atom stereocenters. The van der Waals surface area contributed by atoms with Crippen molar-refractivity contribution < 1.29 is 4.79 Å². The first-order valence-corrected chi connectivity index (χ1v) is 8.53. The van der Waals surface area contributed by atoms with Gasteiger partial charge in [0, 0.05) is 35.2 Å². The maximum atomic E-state index is 11.2. The van der Waals surface area contributed by atoms with Gasteiger partial charge in [-0.3, -0.25) is 4.79 Å². The summed E-state index contributed by atoms with van der Waals surface area (Å²) in [6.07, 6.45) is 1.42. The van der Waals surface area contributed by atoms with Crippen LogP contribution < -0.4 is 5.32 Å². The molecule has 0 spiro atoms. The Bertz CT molecular complexity index is 466. The molecule has 1 aromatic carbocycles. The SMILES string of the molecule is CNC(=O)CCCN(C)Cc1c(Cl)cccc1SC(C)C. The van der Waals surface area contributed by atoms with Crippen LogP contribution in [0.1, 0.15) is 32.3 Å². The zero-order chi connectivity index (χ0) is 15.8. The molecule has 0 radical (unpaired) electrons. The van der Waals surface area contributed by atoms with Crippen molar-refractivity contribution in [3.05, 3.63) is 28.8 Å². The van der Waals surface area contributed by atoms with Gasteiger partial charge in [-0.15, -0.1) is 11.8 Å². The van der Waals surface area contributed by atoms with E-state index in [0.29, 0.717) is 11.7 Å². The van der Waals surface area contributed by atoms with Gasteiger partial charge >= 0.3 is 0 Å². The van der Waals surface area contributed by atoms with Crippen LogP contribution >= 0.6 is 23.4 Å². The molecule has 0 aliphatic carbocycles. The molecule has 0 fully saturated rings. The van der Waals surface area contributed by atoms with Crippen LogP contribution in [-0.2, 0) is 11.3 Å². The van der Waals surface area contributed by atoms with E-state index in [0.717, 1.165) is 24.5 Å². The lowest BCUT2D eigenvalue weighted by Crippen LogP contribution is -2.23. The molecule has 5 heteroatoms. The zero-order valence-electron chi connectivity index (χ0n) is 13.3. The van der Waals surface area contributed by atoms with E-state index in [4.69, 9.17) is 11.6 Å². The lowest BCUT2D eigenvalue weighted by atomic mass is 10.2. The quantitative estimate of drug-likeness (QED) is 0.737. The summed E-state index contributed by atoms with van der Waals surface area (Å²) in [4.78, 5) is 14.7. The summed E-state index contributed by atoms with van der Waals surface area (Å²) in [7, 11) is 3.74. The van der Waals surface area contributed by atoms with Gasteiger partial charge in [0.2, 0.25) is 5.91 Å². The van der Waals surface area contributed by atoms with Gasteiger partial charge in [-0.1, -0.05) is 31.5 Å². The van der Waals surface area contributed by atoms with Crippen LogP contribution in [-0.4, -0.2) is 36.7 Å². The van der Waals surface area contributed by atoms with Crippen LogP contribution in [0.5, 0.6) is 0 Å². The normalized spacial score (nSPS) is 11.2. The second-order valence-electron chi connectivity index (χ2n) is 5.40. The van der Waals surface area contributed by atoms with Crippen molar-refractivity contribution in [3.63, 3.8) is 0 Å². The van der Waals surface area contributed by atoms with E-state index in [1.807, 2.05) is 23.9 Å². The third-order valence-electron chi connectivity index (χ3n) is 3.09. The minimum Gasteiger partial charge on any atom is -0.359 e. The van der Waals surface area contributed by atoms with Crippen LogP contribution in [0.3, 0.4) is 0 Å². The van der Waals surface area contributed by atoms with E-state index in [1.54, 1.807) is 7.05 Å². The second-order valence-corrected chi connectivity index (χ2v) is 7.42. The number of carbonyl (C=O) groups excluding carboxylic acids is 1. The van der Waals surface area contributed by atoms with Crippen LogP contribution in [0, 0.1) is 0 Å². The fourth-order valence-corrected chi connectivity index (χ4v) is 3.31. The number of hydrogen-bond donors (Lipinski definition) is 1. The monoisotopic (exact) mass is 328 g/mol. The molecule has 0 saturated carbocycles. The summed E-state index contributed by atoms with van der Waals surface area (Å²) in [5, 5.41) is 3.99.